The highest BCUT2D eigenvalue weighted by atomic mass is 32.2. The van der Waals surface area contributed by atoms with E-state index < -0.39 is 16.1 Å². The van der Waals surface area contributed by atoms with Crippen LogP contribution in [-0.4, -0.2) is 27.4 Å². The van der Waals surface area contributed by atoms with Crippen LogP contribution in [0.4, 0.5) is 0 Å². The molecule has 0 saturated carbocycles. The molecule has 4 nitrogen and oxygen atoms in total. The molecule has 0 spiro atoms. The van der Waals surface area contributed by atoms with Gasteiger partial charge in [0.25, 0.3) is 0 Å². The van der Waals surface area contributed by atoms with Crippen molar-refractivity contribution in [1.29, 1.82) is 0 Å². The van der Waals surface area contributed by atoms with Gasteiger partial charge in [-0.15, -0.1) is 0 Å². The molecule has 1 unspecified atom stereocenters. The van der Waals surface area contributed by atoms with Crippen molar-refractivity contribution < 1.29 is 13.2 Å². The first-order valence-electron chi connectivity index (χ1n) is 9.36. The van der Waals surface area contributed by atoms with Gasteiger partial charge >= 0.3 is 0 Å². The average Bonchev–Trinajstić information content (AvgIpc) is 2.60. The summed E-state index contributed by atoms with van der Waals surface area (Å²) in [5, 5.41) is 0. The minimum Gasteiger partial charge on any atom is -0.381 e. The normalized spacial score (nSPS) is 13.5. The van der Waals surface area contributed by atoms with Gasteiger partial charge in [-0.05, 0) is 35.4 Å². The average molecular weight is 390 g/mol. The summed E-state index contributed by atoms with van der Waals surface area (Å²) in [6, 6.07) is 17.2. The zero-order chi connectivity index (χ0) is 19.9. The van der Waals surface area contributed by atoms with Crippen LogP contribution in [0.2, 0.25) is 0 Å². The summed E-state index contributed by atoms with van der Waals surface area (Å²) in [5.74, 6) is 0.0480. The maximum absolute atomic E-state index is 12.7. The lowest BCUT2D eigenvalue weighted by Crippen LogP contribution is -2.32. The molecule has 0 aliphatic rings. The molecule has 27 heavy (non-hydrogen) atoms. The molecule has 2 rings (SSSR count). The predicted octanol–water partition coefficient (Wildman–Crippen LogP) is 4.46. The second-order valence-corrected chi connectivity index (χ2v) is 9.98. The number of hydrogen-bond donors (Lipinski definition) is 1. The maximum atomic E-state index is 12.7. The Labute approximate surface area is 164 Å². The van der Waals surface area contributed by atoms with Gasteiger partial charge in [0, 0.05) is 6.61 Å². The van der Waals surface area contributed by atoms with Crippen molar-refractivity contribution in [1.82, 2.24) is 4.72 Å². The lowest BCUT2D eigenvalue weighted by Gasteiger charge is -2.22. The molecule has 0 heterocycles. The molecule has 1 N–H and O–H groups in total. The fraction of sp³-hybridized carbons (Fsp3) is 0.455. The van der Waals surface area contributed by atoms with Gasteiger partial charge in [-0.1, -0.05) is 75.4 Å². The van der Waals surface area contributed by atoms with Gasteiger partial charge in [0.15, 0.2) is 0 Å². The Balaban J connectivity index is 2.07. The van der Waals surface area contributed by atoms with E-state index in [0.29, 0.717) is 19.6 Å². The van der Waals surface area contributed by atoms with E-state index in [2.05, 4.69) is 25.5 Å². The highest BCUT2D eigenvalue weighted by molar-refractivity contribution is 7.89. The Kier molecular flexibility index (Phi) is 7.59. The van der Waals surface area contributed by atoms with Crippen LogP contribution in [0.5, 0.6) is 0 Å². The number of ether oxygens (including phenoxy) is 1. The van der Waals surface area contributed by atoms with E-state index in [1.165, 1.54) is 0 Å². The molecular formula is C22H31NO3S. The zero-order valence-corrected chi connectivity index (χ0v) is 17.6. The summed E-state index contributed by atoms with van der Waals surface area (Å²) in [7, 11) is -3.44. The summed E-state index contributed by atoms with van der Waals surface area (Å²) in [6.45, 7) is 9.35. The van der Waals surface area contributed by atoms with E-state index in [-0.39, 0.29) is 11.2 Å². The Morgan fingerprint density at radius 1 is 1.00 bits per heavy atom. The molecule has 0 amide bonds. The third-order valence-corrected chi connectivity index (χ3v) is 5.59. The van der Waals surface area contributed by atoms with Gasteiger partial charge in [-0.3, -0.25) is 0 Å². The summed E-state index contributed by atoms with van der Waals surface area (Å²) in [4.78, 5) is 0. The number of benzene rings is 2. The van der Waals surface area contributed by atoms with Crippen LogP contribution in [0, 0.1) is 12.3 Å². The minimum atomic E-state index is -3.44. The molecule has 0 aliphatic carbocycles. The number of aryl methyl sites for hydroxylation is 1. The summed E-state index contributed by atoms with van der Waals surface area (Å²) >= 11 is 0. The van der Waals surface area contributed by atoms with Crippen molar-refractivity contribution in [3.8, 4) is 0 Å². The quantitative estimate of drug-likeness (QED) is 0.644. The fourth-order valence-electron chi connectivity index (χ4n) is 2.84. The van der Waals surface area contributed by atoms with E-state index in [1.54, 1.807) is 0 Å². The predicted molar refractivity (Wildman–Crippen MR) is 111 cm³/mol. The van der Waals surface area contributed by atoms with E-state index in [9.17, 15) is 8.42 Å². The van der Waals surface area contributed by atoms with Crippen LogP contribution in [-0.2, 0) is 14.8 Å². The van der Waals surface area contributed by atoms with Crippen molar-refractivity contribution >= 4 is 10.0 Å². The van der Waals surface area contributed by atoms with Crippen LogP contribution in [0.25, 0.3) is 0 Å². The number of sulfonamides is 1. The van der Waals surface area contributed by atoms with Gasteiger partial charge in [-0.25, -0.2) is 13.1 Å². The van der Waals surface area contributed by atoms with Crippen LogP contribution in [0.3, 0.4) is 0 Å². The molecule has 0 saturated heterocycles. The Morgan fingerprint density at radius 2 is 1.63 bits per heavy atom. The monoisotopic (exact) mass is 389 g/mol. The van der Waals surface area contributed by atoms with Crippen molar-refractivity contribution in [2.24, 2.45) is 5.41 Å². The lowest BCUT2D eigenvalue weighted by molar-refractivity contribution is 0.0720. The highest BCUT2D eigenvalue weighted by Gasteiger charge is 2.22. The summed E-state index contributed by atoms with van der Waals surface area (Å²) in [6.07, 6.45) is 0.473. The van der Waals surface area contributed by atoms with Crippen molar-refractivity contribution in [2.75, 3.05) is 19.0 Å². The number of hydrogen-bond acceptors (Lipinski definition) is 3. The molecule has 0 aliphatic heterocycles. The molecular weight excluding hydrogens is 358 g/mol. The SMILES string of the molecule is Cc1ccccc1C(NS(=O)(=O)CCCOCC(C)(C)C)c1ccccc1. The first-order valence-corrected chi connectivity index (χ1v) is 11.0. The van der Waals surface area contributed by atoms with Gasteiger partial charge in [0.1, 0.15) is 0 Å². The Bertz CT molecular complexity index is 811. The summed E-state index contributed by atoms with van der Waals surface area (Å²) in [5.41, 5.74) is 3.04. The van der Waals surface area contributed by atoms with Crippen LogP contribution >= 0.6 is 0 Å². The molecule has 0 aromatic heterocycles. The first kappa shape index (κ1) is 21.6. The van der Waals surface area contributed by atoms with Crippen LogP contribution in [0.1, 0.15) is 49.9 Å². The molecule has 2 aromatic rings. The number of rotatable bonds is 9. The topological polar surface area (TPSA) is 55.4 Å². The van der Waals surface area contributed by atoms with E-state index in [0.717, 1.165) is 16.7 Å². The Morgan fingerprint density at radius 3 is 2.26 bits per heavy atom. The van der Waals surface area contributed by atoms with Crippen molar-refractivity contribution in [3.05, 3.63) is 71.3 Å². The zero-order valence-electron chi connectivity index (χ0n) is 16.7. The van der Waals surface area contributed by atoms with E-state index in [1.807, 2.05) is 61.5 Å². The van der Waals surface area contributed by atoms with E-state index >= 15 is 0 Å². The fourth-order valence-corrected chi connectivity index (χ4v) is 4.07. The smallest absolute Gasteiger partial charge is 0.212 e. The standard InChI is InChI=1S/C22H31NO3S/c1-18-11-8-9-14-20(18)21(19-12-6-5-7-13-19)23-27(24,25)16-10-15-26-17-22(2,3)4/h5-9,11-14,21,23H,10,15-17H2,1-4H3. The molecule has 5 heteroatoms. The van der Waals surface area contributed by atoms with Crippen molar-refractivity contribution in [2.45, 2.75) is 40.2 Å². The van der Waals surface area contributed by atoms with Crippen molar-refractivity contribution in [3.63, 3.8) is 0 Å². The lowest BCUT2D eigenvalue weighted by atomic mass is 9.96. The molecule has 2 aromatic carbocycles. The largest absolute Gasteiger partial charge is 0.381 e. The molecule has 0 bridgehead atoms. The van der Waals surface area contributed by atoms with E-state index in [4.69, 9.17) is 4.74 Å². The summed E-state index contributed by atoms with van der Waals surface area (Å²) < 4.78 is 33.9. The van der Waals surface area contributed by atoms with Gasteiger partial charge < -0.3 is 4.74 Å². The van der Waals surface area contributed by atoms with Gasteiger partial charge in [0.2, 0.25) is 10.0 Å². The molecule has 1 atom stereocenters. The third kappa shape index (κ3) is 7.45. The van der Waals surface area contributed by atoms with Gasteiger partial charge in [0.05, 0.1) is 18.4 Å². The second-order valence-electron chi connectivity index (χ2n) is 8.10. The third-order valence-electron chi connectivity index (χ3n) is 4.17. The molecule has 0 radical (unpaired) electrons. The number of nitrogens with one attached hydrogen (secondary N) is 1. The molecule has 148 valence electrons. The van der Waals surface area contributed by atoms with Crippen LogP contribution < -0.4 is 4.72 Å². The Hall–Kier alpha value is -1.69. The van der Waals surface area contributed by atoms with Crippen LogP contribution in [0.15, 0.2) is 54.6 Å². The minimum absolute atomic E-state index is 0.0480. The maximum Gasteiger partial charge on any atom is 0.212 e. The second kappa shape index (κ2) is 9.49. The molecule has 0 fully saturated rings. The first-order chi connectivity index (χ1) is 12.7. The van der Waals surface area contributed by atoms with Gasteiger partial charge in [-0.2, -0.15) is 0 Å². The highest BCUT2D eigenvalue weighted by Crippen LogP contribution is 2.25.